The normalized spacial score (nSPS) is 10.6. The van der Waals surface area contributed by atoms with Gasteiger partial charge in [-0.1, -0.05) is 53.7 Å². The van der Waals surface area contributed by atoms with Crippen molar-refractivity contribution in [3.63, 3.8) is 0 Å². The predicted octanol–water partition coefficient (Wildman–Crippen LogP) is 3.08. The van der Waals surface area contributed by atoms with Crippen LogP contribution in [0.4, 0.5) is 0 Å². The summed E-state index contributed by atoms with van der Waals surface area (Å²) in [6.07, 6.45) is 0. The number of thioether (sulfide) groups is 1. The van der Waals surface area contributed by atoms with Crippen LogP contribution in [0, 0.1) is 6.92 Å². The van der Waals surface area contributed by atoms with E-state index in [2.05, 4.69) is 21.6 Å². The molecule has 0 aliphatic heterocycles. The quantitative estimate of drug-likeness (QED) is 0.726. The molecule has 0 fully saturated rings. The van der Waals surface area contributed by atoms with Gasteiger partial charge in [0, 0.05) is 18.3 Å². The summed E-state index contributed by atoms with van der Waals surface area (Å²) in [4.78, 5) is 11.6. The second-order valence-electron chi connectivity index (χ2n) is 5.31. The highest BCUT2D eigenvalue weighted by molar-refractivity contribution is 7.99. The highest BCUT2D eigenvalue weighted by Gasteiger charge is 2.16. The van der Waals surface area contributed by atoms with Crippen LogP contribution in [-0.2, 0) is 4.79 Å². The first-order valence-corrected chi connectivity index (χ1v) is 8.59. The summed E-state index contributed by atoms with van der Waals surface area (Å²) < 4.78 is 1.99. The fourth-order valence-corrected chi connectivity index (χ4v) is 3.17. The summed E-state index contributed by atoms with van der Waals surface area (Å²) in [5, 5.41) is 12.0. The number of para-hydroxylation sites is 1. The Morgan fingerprint density at radius 2 is 1.92 bits per heavy atom. The highest BCUT2D eigenvalue weighted by atomic mass is 32.2. The van der Waals surface area contributed by atoms with Crippen LogP contribution in [0.5, 0.6) is 0 Å². The van der Waals surface area contributed by atoms with E-state index in [9.17, 15) is 4.79 Å². The van der Waals surface area contributed by atoms with Gasteiger partial charge in [-0.3, -0.25) is 9.36 Å². The molecule has 3 rings (SSSR count). The molecule has 6 heteroatoms. The van der Waals surface area contributed by atoms with Crippen molar-refractivity contribution in [3.8, 4) is 17.1 Å². The second kappa shape index (κ2) is 7.31. The fourth-order valence-electron chi connectivity index (χ4n) is 2.35. The van der Waals surface area contributed by atoms with Gasteiger partial charge in [0.1, 0.15) is 0 Å². The van der Waals surface area contributed by atoms with Gasteiger partial charge < -0.3 is 5.32 Å². The maximum absolute atomic E-state index is 11.6. The number of carbonyl (C=O) groups is 1. The molecule has 0 spiro atoms. The maximum Gasteiger partial charge on any atom is 0.230 e. The lowest BCUT2D eigenvalue weighted by molar-refractivity contribution is -0.118. The zero-order valence-corrected chi connectivity index (χ0v) is 14.4. The van der Waals surface area contributed by atoms with Crippen LogP contribution in [0.15, 0.2) is 59.8 Å². The molecule has 0 radical (unpaired) electrons. The highest BCUT2D eigenvalue weighted by Crippen LogP contribution is 2.28. The molecule has 0 bridgehead atoms. The monoisotopic (exact) mass is 338 g/mol. The van der Waals surface area contributed by atoms with E-state index in [1.165, 1.54) is 11.8 Å². The third kappa shape index (κ3) is 3.49. The molecule has 3 aromatic rings. The number of hydrogen-bond acceptors (Lipinski definition) is 4. The number of nitrogens with one attached hydrogen (secondary N) is 1. The van der Waals surface area contributed by atoms with Gasteiger partial charge in [0.25, 0.3) is 0 Å². The summed E-state index contributed by atoms with van der Waals surface area (Å²) in [5.74, 6) is 1.03. The Labute approximate surface area is 145 Å². The molecule has 0 saturated heterocycles. The summed E-state index contributed by atoms with van der Waals surface area (Å²) in [5.41, 5.74) is 3.13. The van der Waals surface area contributed by atoms with Gasteiger partial charge in [0.05, 0.1) is 5.75 Å². The Hall–Kier alpha value is -2.60. The maximum atomic E-state index is 11.6. The molecule has 0 aliphatic carbocycles. The molecule has 1 N–H and O–H groups in total. The summed E-state index contributed by atoms with van der Waals surface area (Å²) in [6.45, 7) is 2.05. The van der Waals surface area contributed by atoms with E-state index in [0.717, 1.165) is 22.6 Å². The van der Waals surface area contributed by atoms with Crippen molar-refractivity contribution in [2.75, 3.05) is 12.8 Å². The molecule has 0 atom stereocenters. The standard InChI is InChI=1S/C18H18N4OS/c1-13-7-6-8-14(11-13)17-20-21-18(24-12-16(23)19-2)22(17)15-9-4-3-5-10-15/h3-11H,12H2,1-2H3,(H,19,23). The van der Waals surface area contributed by atoms with Crippen LogP contribution >= 0.6 is 11.8 Å². The van der Waals surface area contributed by atoms with Gasteiger partial charge >= 0.3 is 0 Å². The molecule has 0 aliphatic rings. The number of rotatable bonds is 5. The Morgan fingerprint density at radius 1 is 1.12 bits per heavy atom. The molecule has 24 heavy (non-hydrogen) atoms. The minimum absolute atomic E-state index is 0.0419. The summed E-state index contributed by atoms with van der Waals surface area (Å²) in [6, 6.07) is 18.1. The van der Waals surface area contributed by atoms with E-state index in [1.54, 1.807) is 7.05 Å². The number of aryl methyl sites for hydroxylation is 1. The molecule has 0 unspecified atom stereocenters. The van der Waals surface area contributed by atoms with E-state index in [1.807, 2.05) is 60.0 Å². The van der Waals surface area contributed by atoms with Crippen molar-refractivity contribution < 1.29 is 4.79 Å². The summed E-state index contributed by atoms with van der Waals surface area (Å²) in [7, 11) is 1.63. The van der Waals surface area contributed by atoms with Gasteiger partial charge in [0.15, 0.2) is 11.0 Å². The number of benzene rings is 2. The van der Waals surface area contributed by atoms with Gasteiger partial charge in [0.2, 0.25) is 5.91 Å². The molecule has 1 amide bonds. The van der Waals surface area contributed by atoms with E-state index in [4.69, 9.17) is 0 Å². The zero-order chi connectivity index (χ0) is 16.9. The number of aromatic nitrogens is 3. The average molecular weight is 338 g/mol. The van der Waals surface area contributed by atoms with Crippen molar-refractivity contribution in [2.45, 2.75) is 12.1 Å². The first-order valence-electron chi connectivity index (χ1n) is 7.60. The zero-order valence-electron chi connectivity index (χ0n) is 13.6. The minimum atomic E-state index is -0.0419. The van der Waals surface area contributed by atoms with Gasteiger partial charge in [-0.2, -0.15) is 0 Å². The molecule has 0 saturated carbocycles. The van der Waals surface area contributed by atoms with Crippen LogP contribution in [0.1, 0.15) is 5.56 Å². The van der Waals surface area contributed by atoms with Gasteiger partial charge in [-0.15, -0.1) is 10.2 Å². The second-order valence-corrected chi connectivity index (χ2v) is 6.25. The van der Waals surface area contributed by atoms with Crippen LogP contribution in [0.3, 0.4) is 0 Å². The molecule has 2 aromatic carbocycles. The molecule has 1 aromatic heterocycles. The lowest BCUT2D eigenvalue weighted by Gasteiger charge is -2.10. The Kier molecular flexibility index (Phi) is 4.96. The number of amides is 1. The fraction of sp³-hybridized carbons (Fsp3) is 0.167. The van der Waals surface area contributed by atoms with E-state index < -0.39 is 0 Å². The van der Waals surface area contributed by atoms with Crippen molar-refractivity contribution in [1.29, 1.82) is 0 Å². The first-order chi connectivity index (χ1) is 11.7. The van der Waals surface area contributed by atoms with Crippen molar-refractivity contribution >= 4 is 17.7 Å². The van der Waals surface area contributed by atoms with Crippen molar-refractivity contribution in [3.05, 3.63) is 60.2 Å². The van der Waals surface area contributed by atoms with Gasteiger partial charge in [-0.25, -0.2) is 0 Å². The lowest BCUT2D eigenvalue weighted by Crippen LogP contribution is -2.20. The average Bonchev–Trinajstić information content (AvgIpc) is 3.04. The Morgan fingerprint density at radius 3 is 2.62 bits per heavy atom. The lowest BCUT2D eigenvalue weighted by atomic mass is 10.1. The first kappa shape index (κ1) is 16.3. The molecule has 1 heterocycles. The topological polar surface area (TPSA) is 59.8 Å². The molecular weight excluding hydrogens is 320 g/mol. The Bertz CT molecular complexity index is 845. The predicted molar refractivity (Wildman–Crippen MR) is 96.3 cm³/mol. The van der Waals surface area contributed by atoms with E-state index in [0.29, 0.717) is 10.9 Å². The molecule has 122 valence electrons. The third-order valence-electron chi connectivity index (χ3n) is 3.54. The minimum Gasteiger partial charge on any atom is -0.358 e. The van der Waals surface area contributed by atoms with Crippen LogP contribution in [0.2, 0.25) is 0 Å². The SMILES string of the molecule is CNC(=O)CSc1nnc(-c2cccc(C)c2)n1-c1ccccc1. The largest absolute Gasteiger partial charge is 0.358 e. The van der Waals surface area contributed by atoms with E-state index in [-0.39, 0.29) is 5.91 Å². The number of hydrogen-bond donors (Lipinski definition) is 1. The smallest absolute Gasteiger partial charge is 0.230 e. The number of nitrogens with zero attached hydrogens (tertiary/aromatic N) is 3. The van der Waals surface area contributed by atoms with Crippen molar-refractivity contribution in [2.24, 2.45) is 0 Å². The van der Waals surface area contributed by atoms with Gasteiger partial charge in [-0.05, 0) is 25.1 Å². The summed E-state index contributed by atoms with van der Waals surface area (Å²) >= 11 is 1.37. The van der Waals surface area contributed by atoms with Crippen LogP contribution < -0.4 is 5.32 Å². The van der Waals surface area contributed by atoms with Crippen LogP contribution in [0.25, 0.3) is 17.1 Å². The number of carbonyl (C=O) groups excluding carboxylic acids is 1. The van der Waals surface area contributed by atoms with E-state index >= 15 is 0 Å². The molecule has 5 nitrogen and oxygen atoms in total. The Balaban J connectivity index is 2.06. The van der Waals surface area contributed by atoms with Crippen molar-refractivity contribution in [1.82, 2.24) is 20.1 Å². The molecular formula is C18H18N4OS. The third-order valence-corrected chi connectivity index (χ3v) is 4.46. The van der Waals surface area contributed by atoms with Crippen LogP contribution in [-0.4, -0.2) is 33.5 Å².